The van der Waals surface area contributed by atoms with Gasteiger partial charge in [0.15, 0.2) is 32.6 Å². The summed E-state index contributed by atoms with van der Waals surface area (Å²) >= 11 is 0. The topological polar surface area (TPSA) is 102 Å². The quantitative estimate of drug-likeness (QED) is 0.160. The van der Waals surface area contributed by atoms with Crippen LogP contribution in [0.3, 0.4) is 0 Å². The van der Waals surface area contributed by atoms with E-state index in [1.807, 2.05) is 152 Å². The first-order chi connectivity index (χ1) is 44.2. The van der Waals surface area contributed by atoms with Crippen LogP contribution in [-0.2, 0) is 0 Å². The Morgan fingerprint density at radius 1 is 0.144 bits per heavy atom. The first kappa shape index (κ1) is 48.0. The smallest absolute Gasteiger partial charge is 0.195 e. The van der Waals surface area contributed by atoms with Crippen LogP contribution in [-0.4, -0.2) is 0 Å². The van der Waals surface area contributed by atoms with Crippen molar-refractivity contribution in [3.05, 3.63) is 292 Å². The van der Waals surface area contributed by atoms with E-state index in [2.05, 4.69) is 72.8 Å². The van der Waals surface area contributed by atoms with Crippen molar-refractivity contribution in [1.82, 2.24) is 0 Å². The molecule has 21 rings (SSSR count). The van der Waals surface area contributed by atoms with Crippen molar-refractivity contribution < 1.29 is 0 Å². The molecule has 0 bridgehead atoms. The molecule has 0 spiro atoms. The summed E-state index contributed by atoms with van der Waals surface area (Å²) in [6, 6.07) is 75.7. The normalized spacial score (nSPS) is 12.7. The SMILES string of the molecule is O=c1c2cc(-c3cccc4c3c(=O)c3c5ccc6c(=O)c7cc(-c8ccc9ccc%10ccc%11c(c(=O)c%12ccc%13c%14ccccc%14c(=O)c%13c%12%11)c%10c9c8)ccc7c6c5c5ccccc5c43)ccc2c2c1ccc1c(=O)c3c(ccc4ccc5ccccc5c43)c12. The molecule has 0 unspecified atom stereocenters. The Morgan fingerprint density at radius 2 is 0.467 bits per heavy atom. The van der Waals surface area contributed by atoms with Crippen LogP contribution in [0.4, 0.5) is 0 Å². The molecule has 0 heterocycles. The lowest BCUT2D eigenvalue weighted by atomic mass is 9.92. The molecular weight excluding hydrogens is 1100 g/mol. The van der Waals surface area contributed by atoms with Crippen molar-refractivity contribution in [2.24, 2.45) is 0 Å². The van der Waals surface area contributed by atoms with Crippen molar-refractivity contribution >= 4 is 194 Å². The van der Waals surface area contributed by atoms with Gasteiger partial charge in [-0.3, -0.25) is 28.8 Å². The molecule has 90 heavy (non-hydrogen) atoms. The highest BCUT2D eigenvalue weighted by atomic mass is 16.1. The van der Waals surface area contributed by atoms with Crippen LogP contribution < -0.4 is 32.6 Å². The minimum atomic E-state index is -0.128. The summed E-state index contributed by atoms with van der Waals surface area (Å²) in [6.07, 6.45) is 0. The van der Waals surface area contributed by atoms with Gasteiger partial charge in [-0.05, 0) is 156 Å². The van der Waals surface area contributed by atoms with Gasteiger partial charge in [-0.25, -0.2) is 0 Å². The molecule has 410 valence electrons. The van der Waals surface area contributed by atoms with Crippen LogP contribution in [0, 0.1) is 0 Å². The molecular formula is C84H38O6. The van der Waals surface area contributed by atoms with E-state index in [1.54, 1.807) is 6.07 Å². The molecule has 0 atom stereocenters. The predicted octanol–water partition coefficient (Wildman–Crippen LogP) is 18.6. The van der Waals surface area contributed by atoms with Crippen molar-refractivity contribution in [3.63, 3.8) is 0 Å². The van der Waals surface area contributed by atoms with E-state index in [4.69, 9.17) is 0 Å². The number of hydrogen-bond donors (Lipinski definition) is 0. The zero-order chi connectivity index (χ0) is 59.4. The van der Waals surface area contributed by atoms with Gasteiger partial charge in [-0.1, -0.05) is 188 Å². The van der Waals surface area contributed by atoms with Gasteiger partial charge in [0.2, 0.25) is 0 Å². The fraction of sp³-hybridized carbons (Fsp3) is 0. The van der Waals surface area contributed by atoms with Crippen molar-refractivity contribution in [2.45, 2.75) is 0 Å². The lowest BCUT2D eigenvalue weighted by Crippen LogP contribution is -1.98. The van der Waals surface area contributed by atoms with Crippen molar-refractivity contribution in [2.75, 3.05) is 0 Å². The van der Waals surface area contributed by atoms with E-state index >= 15 is 4.79 Å². The molecule has 0 fully saturated rings. The van der Waals surface area contributed by atoms with E-state index < -0.39 is 0 Å². The number of fused-ring (bicyclic) bond motifs is 34. The maximum absolute atomic E-state index is 15.7. The zero-order valence-corrected chi connectivity index (χ0v) is 47.4. The second kappa shape index (κ2) is 16.5. The molecule has 0 aliphatic carbocycles. The Bertz CT molecular complexity index is 7410. The van der Waals surface area contributed by atoms with Crippen LogP contribution >= 0.6 is 0 Å². The zero-order valence-electron chi connectivity index (χ0n) is 47.4. The van der Waals surface area contributed by atoms with E-state index in [0.29, 0.717) is 75.6 Å². The summed E-state index contributed by atoms with van der Waals surface area (Å²) in [7, 11) is 0. The minimum absolute atomic E-state index is 0.0468. The monoisotopic (exact) mass is 1140 g/mol. The van der Waals surface area contributed by atoms with Crippen LogP contribution in [0.5, 0.6) is 0 Å². The largest absolute Gasteiger partial charge is 0.289 e. The lowest BCUT2D eigenvalue weighted by Gasteiger charge is -2.10. The second-order valence-electron chi connectivity index (χ2n) is 24.8. The van der Waals surface area contributed by atoms with Crippen LogP contribution in [0.2, 0.25) is 0 Å². The average molecular weight is 1140 g/mol. The average Bonchev–Trinajstić information content (AvgIpc) is 1.54. The molecule has 0 radical (unpaired) electrons. The lowest BCUT2D eigenvalue weighted by molar-refractivity contribution is 1.70. The second-order valence-corrected chi connectivity index (χ2v) is 24.8. The van der Waals surface area contributed by atoms with Crippen LogP contribution in [0.25, 0.3) is 216 Å². The van der Waals surface area contributed by atoms with Gasteiger partial charge in [0.25, 0.3) is 0 Å². The summed E-state index contributed by atoms with van der Waals surface area (Å²) < 4.78 is 0. The molecule has 0 amide bonds. The fourth-order valence-electron chi connectivity index (χ4n) is 16.9. The Balaban J connectivity index is 0.743. The molecule has 0 N–H and O–H groups in total. The summed E-state index contributed by atoms with van der Waals surface area (Å²) in [4.78, 5) is 88.8. The summed E-state index contributed by atoms with van der Waals surface area (Å²) in [6.45, 7) is 0. The van der Waals surface area contributed by atoms with E-state index in [1.165, 1.54) is 0 Å². The van der Waals surface area contributed by atoms with Crippen molar-refractivity contribution in [1.29, 1.82) is 0 Å². The highest BCUT2D eigenvalue weighted by Gasteiger charge is 2.27. The van der Waals surface area contributed by atoms with E-state index in [-0.39, 0.29) is 32.6 Å². The van der Waals surface area contributed by atoms with Gasteiger partial charge in [0, 0.05) is 102 Å². The molecule has 0 aliphatic rings. The van der Waals surface area contributed by atoms with Crippen LogP contribution in [0.15, 0.2) is 259 Å². The minimum Gasteiger partial charge on any atom is -0.289 e. The third-order valence-corrected chi connectivity index (χ3v) is 20.7. The summed E-state index contributed by atoms with van der Waals surface area (Å²) in [5.41, 5.74) is 2.60. The first-order valence-corrected chi connectivity index (χ1v) is 30.3. The number of hydrogen-bond acceptors (Lipinski definition) is 6. The molecule has 0 aliphatic heterocycles. The fourth-order valence-corrected chi connectivity index (χ4v) is 16.9. The van der Waals surface area contributed by atoms with Crippen LogP contribution in [0.1, 0.15) is 0 Å². The maximum Gasteiger partial charge on any atom is 0.195 e. The summed E-state index contributed by atoms with van der Waals surface area (Å²) in [5, 5.41) is 27.5. The highest BCUT2D eigenvalue weighted by Crippen LogP contribution is 2.47. The first-order valence-electron chi connectivity index (χ1n) is 30.3. The molecule has 0 saturated carbocycles. The molecule has 21 aromatic rings. The van der Waals surface area contributed by atoms with Gasteiger partial charge in [-0.2, -0.15) is 0 Å². The molecule has 6 nitrogen and oxygen atoms in total. The van der Waals surface area contributed by atoms with Gasteiger partial charge in [0.1, 0.15) is 0 Å². The highest BCUT2D eigenvalue weighted by molar-refractivity contribution is 6.41. The Kier molecular flexibility index (Phi) is 8.80. The Labute approximate surface area is 505 Å². The number of rotatable bonds is 2. The molecule has 0 saturated heterocycles. The third kappa shape index (κ3) is 5.71. The summed E-state index contributed by atoms with van der Waals surface area (Å²) in [5.74, 6) is 0. The van der Waals surface area contributed by atoms with Crippen molar-refractivity contribution in [3.8, 4) is 22.3 Å². The van der Waals surface area contributed by atoms with E-state index in [0.717, 1.165) is 141 Å². The molecule has 0 aromatic heterocycles. The van der Waals surface area contributed by atoms with Gasteiger partial charge < -0.3 is 0 Å². The van der Waals surface area contributed by atoms with Gasteiger partial charge in [-0.15, -0.1) is 0 Å². The van der Waals surface area contributed by atoms with E-state index in [9.17, 15) is 24.0 Å². The molecule has 21 aromatic carbocycles. The van der Waals surface area contributed by atoms with Gasteiger partial charge >= 0.3 is 0 Å². The standard InChI is InChI=1S/C84H38O6/c85-79-59-33-31-58-68(70(59)52-26-24-44(37-64(52)79)43-21-18-40-17-20-42-23-29-57-73-62(83(89)77(57)67(42)63(40)36-43)32-30-51-48-10-3-6-13-54(48)81(87)75(51)73)49-11-4-5-12-50(49)69-55-15-7-14-47(74(55)84(90)78(58)69)45-25-27-53-65(38-45)80(86)60-34-35-61-72(71(53)60)56-28-22-41-19-16-39-8-1-2-9-46(39)66(41)76(56)82(61)88/h1-38H. The van der Waals surface area contributed by atoms with Gasteiger partial charge in [0.05, 0.1) is 0 Å². The number of benzene rings is 15. The maximum atomic E-state index is 15.7. The Morgan fingerprint density at radius 3 is 1.11 bits per heavy atom. The third-order valence-electron chi connectivity index (χ3n) is 20.7. The molecule has 6 heteroatoms. The predicted molar refractivity (Wildman–Crippen MR) is 377 cm³/mol. The Hall–Kier alpha value is -12.1.